The molecule has 0 radical (unpaired) electrons. The molecule has 0 bridgehead atoms. The first-order valence-electron chi connectivity index (χ1n) is 5.58. The molecule has 20 heavy (non-hydrogen) atoms. The molecule has 0 amide bonds. The lowest BCUT2D eigenvalue weighted by atomic mass is 10.2. The van der Waals surface area contributed by atoms with Crippen LogP contribution in [0.3, 0.4) is 0 Å². The van der Waals surface area contributed by atoms with Crippen LogP contribution in [0.15, 0.2) is 45.5 Å². The predicted octanol–water partition coefficient (Wildman–Crippen LogP) is 3.92. The summed E-state index contributed by atoms with van der Waals surface area (Å²) in [5.41, 5.74) is 0.983. The van der Waals surface area contributed by atoms with Crippen LogP contribution in [0.4, 0.5) is 0 Å². The molecule has 0 aliphatic heterocycles. The van der Waals surface area contributed by atoms with Gasteiger partial charge in [0.05, 0.1) is 5.56 Å². The Balaban J connectivity index is 2.04. The molecule has 0 unspecified atom stereocenters. The van der Waals surface area contributed by atoms with Crippen molar-refractivity contribution in [3.8, 4) is 28.7 Å². The van der Waals surface area contributed by atoms with Crippen molar-refractivity contribution < 1.29 is 9.63 Å². The highest BCUT2D eigenvalue weighted by Crippen LogP contribution is 2.32. The maximum atomic E-state index is 9.84. The molecule has 0 atom stereocenters. The molecule has 1 aromatic carbocycles. The van der Waals surface area contributed by atoms with E-state index >= 15 is 0 Å². The molecule has 0 saturated heterocycles. The number of hydrogen-bond acceptors (Lipinski definition) is 5. The van der Waals surface area contributed by atoms with Gasteiger partial charge in [-0.3, -0.25) is 4.98 Å². The molecular weight excluding hydrogens is 346 g/mol. The van der Waals surface area contributed by atoms with Crippen molar-refractivity contribution in [3.63, 3.8) is 0 Å². The van der Waals surface area contributed by atoms with Gasteiger partial charge in [-0.25, -0.2) is 0 Å². The number of rotatable bonds is 2. The first kappa shape index (κ1) is 13.1. The number of benzene rings is 1. The lowest BCUT2D eigenvalue weighted by Crippen LogP contribution is -1.86. The normalized spacial score (nSPS) is 10.7. The SMILES string of the molecule is Oc1cc(Cl)ccc1-c1nc(-c2ncccc2Br)no1. The van der Waals surface area contributed by atoms with Crippen molar-refractivity contribution in [1.82, 2.24) is 15.1 Å². The summed E-state index contributed by atoms with van der Waals surface area (Å²) in [6, 6.07) is 8.29. The minimum atomic E-state index is -0.0206. The lowest BCUT2D eigenvalue weighted by Gasteiger charge is -1.99. The topological polar surface area (TPSA) is 72.0 Å². The summed E-state index contributed by atoms with van der Waals surface area (Å²) in [5.74, 6) is 0.515. The molecule has 3 aromatic rings. The van der Waals surface area contributed by atoms with Crippen molar-refractivity contribution in [1.29, 1.82) is 0 Å². The third-order valence-corrected chi connectivity index (χ3v) is 3.46. The zero-order valence-electron chi connectivity index (χ0n) is 9.92. The third-order valence-electron chi connectivity index (χ3n) is 2.59. The van der Waals surface area contributed by atoms with Crippen LogP contribution in [0.5, 0.6) is 5.75 Å². The predicted molar refractivity (Wildman–Crippen MR) is 77.3 cm³/mol. The van der Waals surface area contributed by atoms with E-state index in [1.54, 1.807) is 24.4 Å². The van der Waals surface area contributed by atoms with Crippen LogP contribution in [0.25, 0.3) is 23.0 Å². The van der Waals surface area contributed by atoms with E-state index in [2.05, 4.69) is 31.1 Å². The number of hydrogen-bond donors (Lipinski definition) is 1. The van der Waals surface area contributed by atoms with Gasteiger partial charge in [0.1, 0.15) is 11.4 Å². The Labute approximate surface area is 127 Å². The van der Waals surface area contributed by atoms with Crippen LogP contribution < -0.4 is 0 Å². The molecule has 1 N–H and O–H groups in total. The van der Waals surface area contributed by atoms with E-state index in [0.29, 0.717) is 22.1 Å². The summed E-state index contributed by atoms with van der Waals surface area (Å²) in [7, 11) is 0. The first-order valence-corrected chi connectivity index (χ1v) is 6.76. The number of pyridine rings is 1. The van der Waals surface area contributed by atoms with Crippen molar-refractivity contribution in [2.45, 2.75) is 0 Å². The van der Waals surface area contributed by atoms with E-state index in [1.165, 1.54) is 6.07 Å². The fourth-order valence-electron chi connectivity index (χ4n) is 1.66. The van der Waals surface area contributed by atoms with Crippen LogP contribution in [0, 0.1) is 0 Å². The molecule has 0 saturated carbocycles. The average Bonchev–Trinajstić information content (AvgIpc) is 2.88. The van der Waals surface area contributed by atoms with Gasteiger partial charge >= 0.3 is 0 Å². The van der Waals surface area contributed by atoms with Crippen molar-refractivity contribution in [2.24, 2.45) is 0 Å². The van der Waals surface area contributed by atoms with E-state index in [9.17, 15) is 5.11 Å². The number of phenols is 1. The number of aromatic nitrogens is 3. The highest BCUT2D eigenvalue weighted by molar-refractivity contribution is 9.10. The van der Waals surface area contributed by atoms with Gasteiger partial charge in [0.2, 0.25) is 5.82 Å². The van der Waals surface area contributed by atoms with Gasteiger partial charge in [0.25, 0.3) is 5.89 Å². The Bertz CT molecular complexity index is 776. The van der Waals surface area contributed by atoms with Gasteiger partial charge in [0.15, 0.2) is 0 Å². The molecule has 100 valence electrons. The van der Waals surface area contributed by atoms with Crippen LogP contribution >= 0.6 is 27.5 Å². The van der Waals surface area contributed by atoms with Crippen LogP contribution in [-0.4, -0.2) is 20.2 Å². The van der Waals surface area contributed by atoms with Crippen LogP contribution in [0.1, 0.15) is 0 Å². The Kier molecular flexibility index (Phi) is 3.42. The Morgan fingerprint density at radius 3 is 2.85 bits per heavy atom. The highest BCUT2D eigenvalue weighted by atomic mass is 79.9. The van der Waals surface area contributed by atoms with Crippen molar-refractivity contribution >= 4 is 27.5 Å². The summed E-state index contributed by atoms with van der Waals surface area (Å²) in [4.78, 5) is 8.41. The molecule has 3 rings (SSSR count). The highest BCUT2D eigenvalue weighted by Gasteiger charge is 2.16. The maximum absolute atomic E-state index is 9.84. The Morgan fingerprint density at radius 1 is 1.25 bits per heavy atom. The average molecular weight is 353 g/mol. The molecule has 7 heteroatoms. The minimum Gasteiger partial charge on any atom is -0.507 e. The molecule has 2 heterocycles. The second kappa shape index (κ2) is 5.22. The van der Waals surface area contributed by atoms with Gasteiger partial charge in [0, 0.05) is 15.7 Å². The monoisotopic (exact) mass is 351 g/mol. The largest absolute Gasteiger partial charge is 0.507 e. The maximum Gasteiger partial charge on any atom is 0.262 e. The molecule has 0 aliphatic carbocycles. The number of halogens is 2. The number of aromatic hydroxyl groups is 1. The fourth-order valence-corrected chi connectivity index (χ4v) is 2.26. The van der Waals surface area contributed by atoms with E-state index in [-0.39, 0.29) is 11.6 Å². The smallest absolute Gasteiger partial charge is 0.262 e. The minimum absolute atomic E-state index is 0.0206. The summed E-state index contributed by atoms with van der Waals surface area (Å²) in [6.45, 7) is 0. The van der Waals surface area contributed by atoms with Crippen molar-refractivity contribution in [2.75, 3.05) is 0 Å². The summed E-state index contributed by atoms with van der Waals surface area (Å²) in [6.07, 6.45) is 1.63. The van der Waals surface area contributed by atoms with Crippen LogP contribution in [0.2, 0.25) is 5.02 Å². The van der Waals surface area contributed by atoms with E-state index in [4.69, 9.17) is 16.1 Å². The van der Waals surface area contributed by atoms with Crippen molar-refractivity contribution in [3.05, 3.63) is 46.0 Å². The summed E-state index contributed by atoms with van der Waals surface area (Å²) >= 11 is 9.15. The number of nitrogens with zero attached hydrogens (tertiary/aromatic N) is 3. The van der Waals surface area contributed by atoms with Gasteiger partial charge in [-0.1, -0.05) is 16.8 Å². The molecule has 2 aromatic heterocycles. The van der Waals surface area contributed by atoms with Gasteiger partial charge in [-0.05, 0) is 46.3 Å². The zero-order chi connectivity index (χ0) is 14.1. The quantitative estimate of drug-likeness (QED) is 0.757. The van der Waals surface area contributed by atoms with Gasteiger partial charge in [-0.2, -0.15) is 4.98 Å². The number of phenolic OH excluding ortho intramolecular Hbond substituents is 1. The van der Waals surface area contributed by atoms with E-state index in [1.807, 2.05) is 6.07 Å². The molecule has 5 nitrogen and oxygen atoms in total. The second-order valence-electron chi connectivity index (χ2n) is 3.92. The van der Waals surface area contributed by atoms with Gasteiger partial charge < -0.3 is 9.63 Å². The van der Waals surface area contributed by atoms with E-state index < -0.39 is 0 Å². The molecular formula is C13H7BrClN3O2. The third kappa shape index (κ3) is 2.39. The van der Waals surface area contributed by atoms with Gasteiger partial charge in [-0.15, -0.1) is 0 Å². The summed E-state index contributed by atoms with van der Waals surface area (Å²) in [5, 5.41) is 14.1. The Morgan fingerprint density at radius 2 is 2.10 bits per heavy atom. The van der Waals surface area contributed by atoms with E-state index in [0.717, 1.165) is 4.47 Å². The molecule has 0 aliphatic rings. The Hall–Kier alpha value is -1.92. The van der Waals surface area contributed by atoms with Crippen LogP contribution in [-0.2, 0) is 0 Å². The summed E-state index contributed by atoms with van der Waals surface area (Å²) < 4.78 is 5.91. The molecule has 0 spiro atoms. The zero-order valence-corrected chi connectivity index (χ0v) is 12.3. The molecule has 0 fully saturated rings. The fraction of sp³-hybridized carbons (Fsp3) is 0. The second-order valence-corrected chi connectivity index (χ2v) is 5.21. The lowest BCUT2D eigenvalue weighted by molar-refractivity contribution is 0.425. The first-order chi connectivity index (χ1) is 9.65. The standard InChI is InChI=1S/C13H7BrClN3O2/c14-9-2-1-5-16-11(9)12-17-13(20-18-12)8-4-3-7(15)6-10(8)19/h1-6,19H.